The second-order valence-electron chi connectivity index (χ2n) is 5.29. The molecule has 0 bridgehead atoms. The molecule has 0 rings (SSSR count). The van der Waals surface area contributed by atoms with Crippen LogP contribution in [0.4, 0.5) is 0 Å². The fraction of sp³-hybridized carbons (Fsp3) is 1.00. The van der Waals surface area contributed by atoms with Crippen molar-refractivity contribution < 1.29 is 0 Å². The van der Waals surface area contributed by atoms with Crippen LogP contribution in [-0.2, 0) is 0 Å². The molecule has 0 spiro atoms. The van der Waals surface area contributed by atoms with Crippen LogP contribution in [0.15, 0.2) is 0 Å². The first-order valence-corrected chi connectivity index (χ1v) is 7.01. The van der Waals surface area contributed by atoms with Gasteiger partial charge in [-0.05, 0) is 46.3 Å². The molecule has 0 aliphatic heterocycles. The lowest BCUT2D eigenvalue weighted by molar-refractivity contribution is 0.239. The summed E-state index contributed by atoms with van der Waals surface area (Å²) in [6.07, 6.45) is 6.62. The van der Waals surface area contributed by atoms with E-state index < -0.39 is 0 Å². The van der Waals surface area contributed by atoms with Gasteiger partial charge in [-0.3, -0.25) is 0 Å². The van der Waals surface area contributed by atoms with Gasteiger partial charge in [0.15, 0.2) is 0 Å². The van der Waals surface area contributed by atoms with E-state index in [2.05, 4.69) is 45.0 Å². The van der Waals surface area contributed by atoms with Crippen molar-refractivity contribution in [1.82, 2.24) is 10.2 Å². The highest BCUT2D eigenvalue weighted by Crippen LogP contribution is 2.06. The van der Waals surface area contributed by atoms with Gasteiger partial charge in [0.25, 0.3) is 0 Å². The lowest BCUT2D eigenvalue weighted by Gasteiger charge is -2.24. The monoisotopic (exact) mass is 228 g/mol. The minimum atomic E-state index is 0.632. The van der Waals surface area contributed by atoms with Gasteiger partial charge in [0.1, 0.15) is 0 Å². The molecule has 0 aromatic carbocycles. The Morgan fingerprint density at radius 2 is 1.75 bits per heavy atom. The van der Waals surface area contributed by atoms with Gasteiger partial charge in [-0.1, -0.05) is 33.6 Å². The summed E-state index contributed by atoms with van der Waals surface area (Å²) in [5.74, 6) is 0. The minimum absolute atomic E-state index is 0.632. The van der Waals surface area contributed by atoms with Gasteiger partial charge in [-0.25, -0.2) is 0 Å². The molecule has 0 aliphatic carbocycles. The van der Waals surface area contributed by atoms with Crippen LogP contribution < -0.4 is 5.32 Å². The third-order valence-corrected chi connectivity index (χ3v) is 3.20. The number of hydrogen-bond donors (Lipinski definition) is 1. The van der Waals surface area contributed by atoms with Crippen molar-refractivity contribution in [3.63, 3.8) is 0 Å². The van der Waals surface area contributed by atoms with Crippen LogP contribution in [0.3, 0.4) is 0 Å². The Kier molecular flexibility index (Phi) is 10.0. The molecule has 0 amide bonds. The van der Waals surface area contributed by atoms with Gasteiger partial charge in [-0.15, -0.1) is 0 Å². The normalized spacial score (nSPS) is 13.7. The molecule has 98 valence electrons. The SMILES string of the molecule is CCCC(C)N(C)CCCCCNC(C)C. The molecule has 0 fully saturated rings. The third kappa shape index (κ3) is 9.17. The van der Waals surface area contributed by atoms with Crippen molar-refractivity contribution >= 4 is 0 Å². The second kappa shape index (κ2) is 10.1. The number of unbranched alkanes of at least 4 members (excludes halogenated alkanes) is 2. The van der Waals surface area contributed by atoms with Crippen molar-refractivity contribution in [1.29, 1.82) is 0 Å². The first-order valence-electron chi connectivity index (χ1n) is 7.01. The Labute approximate surface area is 103 Å². The summed E-state index contributed by atoms with van der Waals surface area (Å²) < 4.78 is 0. The molecular formula is C14H32N2. The lowest BCUT2D eigenvalue weighted by atomic mass is 10.1. The topological polar surface area (TPSA) is 15.3 Å². The Morgan fingerprint density at radius 3 is 2.31 bits per heavy atom. The Bertz CT molecular complexity index is 146. The molecule has 2 heteroatoms. The number of hydrogen-bond acceptors (Lipinski definition) is 2. The summed E-state index contributed by atoms with van der Waals surface area (Å²) in [6.45, 7) is 11.4. The standard InChI is InChI=1S/C14H32N2/c1-6-10-14(4)16(5)12-9-7-8-11-15-13(2)3/h13-15H,6-12H2,1-5H3. The van der Waals surface area contributed by atoms with Crippen LogP contribution in [0.1, 0.15) is 59.8 Å². The predicted octanol–water partition coefficient (Wildman–Crippen LogP) is 3.28. The zero-order valence-corrected chi connectivity index (χ0v) is 12.1. The molecule has 1 unspecified atom stereocenters. The molecule has 16 heavy (non-hydrogen) atoms. The summed E-state index contributed by atoms with van der Waals surface area (Å²) in [5.41, 5.74) is 0. The van der Waals surface area contributed by atoms with Gasteiger partial charge in [-0.2, -0.15) is 0 Å². The Hall–Kier alpha value is -0.0800. The van der Waals surface area contributed by atoms with Crippen molar-refractivity contribution in [3.05, 3.63) is 0 Å². The maximum absolute atomic E-state index is 3.46. The Balaban J connectivity index is 3.30. The quantitative estimate of drug-likeness (QED) is 0.577. The zero-order chi connectivity index (χ0) is 12.4. The largest absolute Gasteiger partial charge is 0.315 e. The minimum Gasteiger partial charge on any atom is -0.315 e. The number of rotatable bonds is 10. The van der Waals surface area contributed by atoms with Gasteiger partial charge in [0, 0.05) is 12.1 Å². The maximum Gasteiger partial charge on any atom is 0.00637 e. The summed E-state index contributed by atoms with van der Waals surface area (Å²) >= 11 is 0. The summed E-state index contributed by atoms with van der Waals surface area (Å²) in [4.78, 5) is 2.50. The van der Waals surface area contributed by atoms with Crippen LogP contribution >= 0.6 is 0 Å². The molecule has 0 aliphatic rings. The highest BCUT2D eigenvalue weighted by molar-refractivity contribution is 4.62. The van der Waals surface area contributed by atoms with E-state index in [0.29, 0.717) is 6.04 Å². The van der Waals surface area contributed by atoms with Crippen LogP contribution in [0.5, 0.6) is 0 Å². The van der Waals surface area contributed by atoms with Crippen LogP contribution in [0, 0.1) is 0 Å². The highest BCUT2D eigenvalue weighted by atomic mass is 15.1. The molecule has 0 radical (unpaired) electrons. The highest BCUT2D eigenvalue weighted by Gasteiger charge is 2.06. The lowest BCUT2D eigenvalue weighted by Crippen LogP contribution is -2.30. The van der Waals surface area contributed by atoms with E-state index in [4.69, 9.17) is 0 Å². The molecule has 0 saturated heterocycles. The molecule has 0 saturated carbocycles. The molecule has 0 aromatic heterocycles. The Morgan fingerprint density at radius 1 is 1.06 bits per heavy atom. The first-order chi connectivity index (χ1) is 7.57. The van der Waals surface area contributed by atoms with E-state index in [9.17, 15) is 0 Å². The van der Waals surface area contributed by atoms with Crippen LogP contribution in [-0.4, -0.2) is 37.1 Å². The average molecular weight is 228 g/mol. The van der Waals surface area contributed by atoms with Crippen molar-refractivity contribution in [2.24, 2.45) is 0 Å². The maximum atomic E-state index is 3.46. The molecular weight excluding hydrogens is 196 g/mol. The fourth-order valence-electron chi connectivity index (χ4n) is 1.91. The second-order valence-corrected chi connectivity index (χ2v) is 5.29. The first kappa shape index (κ1) is 15.9. The summed E-state index contributed by atoms with van der Waals surface area (Å²) in [5, 5.41) is 3.46. The predicted molar refractivity (Wildman–Crippen MR) is 74.0 cm³/mol. The van der Waals surface area contributed by atoms with Crippen molar-refractivity contribution in [2.45, 2.75) is 71.9 Å². The van der Waals surface area contributed by atoms with Gasteiger partial charge >= 0.3 is 0 Å². The van der Waals surface area contributed by atoms with E-state index >= 15 is 0 Å². The fourth-order valence-corrected chi connectivity index (χ4v) is 1.91. The van der Waals surface area contributed by atoms with E-state index in [1.165, 1.54) is 45.2 Å². The van der Waals surface area contributed by atoms with E-state index in [1.807, 2.05) is 0 Å². The van der Waals surface area contributed by atoms with Gasteiger partial charge in [0.2, 0.25) is 0 Å². The van der Waals surface area contributed by atoms with Gasteiger partial charge < -0.3 is 10.2 Å². The zero-order valence-electron chi connectivity index (χ0n) is 12.1. The van der Waals surface area contributed by atoms with Crippen molar-refractivity contribution in [3.8, 4) is 0 Å². The molecule has 0 heterocycles. The van der Waals surface area contributed by atoms with E-state index in [-0.39, 0.29) is 0 Å². The van der Waals surface area contributed by atoms with Crippen LogP contribution in [0.25, 0.3) is 0 Å². The van der Waals surface area contributed by atoms with E-state index in [1.54, 1.807) is 0 Å². The van der Waals surface area contributed by atoms with Gasteiger partial charge in [0.05, 0.1) is 0 Å². The molecule has 2 nitrogen and oxygen atoms in total. The third-order valence-electron chi connectivity index (χ3n) is 3.20. The number of nitrogens with one attached hydrogen (secondary N) is 1. The number of nitrogens with zero attached hydrogens (tertiary/aromatic N) is 1. The molecule has 0 aromatic rings. The molecule has 1 atom stereocenters. The van der Waals surface area contributed by atoms with Crippen LogP contribution in [0.2, 0.25) is 0 Å². The molecule has 1 N–H and O–H groups in total. The summed E-state index contributed by atoms with van der Waals surface area (Å²) in [6, 6.07) is 1.38. The summed E-state index contributed by atoms with van der Waals surface area (Å²) in [7, 11) is 2.26. The van der Waals surface area contributed by atoms with Crippen molar-refractivity contribution in [2.75, 3.05) is 20.1 Å². The smallest absolute Gasteiger partial charge is 0.00637 e. The van der Waals surface area contributed by atoms with E-state index in [0.717, 1.165) is 6.04 Å². The average Bonchev–Trinajstić information content (AvgIpc) is 2.22.